The van der Waals surface area contributed by atoms with Gasteiger partial charge in [-0.1, -0.05) is 6.07 Å². The first kappa shape index (κ1) is 14.7. The van der Waals surface area contributed by atoms with E-state index in [1.165, 1.54) is 24.3 Å². The van der Waals surface area contributed by atoms with Crippen molar-refractivity contribution in [3.63, 3.8) is 0 Å². The molecule has 0 saturated carbocycles. The number of amides is 1. The Labute approximate surface area is 121 Å². The molecule has 0 spiro atoms. The molecule has 0 fully saturated rings. The molecule has 7 heteroatoms. The number of carbonyl (C=O) groups is 1. The Kier molecular flexibility index (Phi) is 4.34. The van der Waals surface area contributed by atoms with E-state index in [-0.39, 0.29) is 11.4 Å². The molecule has 3 N–H and O–H groups in total. The van der Waals surface area contributed by atoms with Crippen molar-refractivity contribution in [2.45, 2.75) is 0 Å². The van der Waals surface area contributed by atoms with E-state index >= 15 is 0 Å². The number of nitrogens with two attached hydrogens (primary N) is 1. The fourth-order valence-electron chi connectivity index (χ4n) is 1.83. The molecule has 6 nitrogen and oxygen atoms in total. The maximum Gasteiger partial charge on any atom is 0.261 e. The van der Waals surface area contributed by atoms with E-state index in [0.717, 1.165) is 0 Å². The molecule has 2 rings (SSSR count). The molecular weight excluding hydrogens is 275 g/mol. The maximum atomic E-state index is 14.1. The first-order valence-corrected chi connectivity index (χ1v) is 6.11. The van der Waals surface area contributed by atoms with Gasteiger partial charge in [-0.15, -0.1) is 0 Å². The van der Waals surface area contributed by atoms with Gasteiger partial charge in [-0.25, -0.2) is 15.2 Å². The molecule has 0 unspecified atom stereocenters. The molecule has 1 aromatic carbocycles. The summed E-state index contributed by atoms with van der Waals surface area (Å²) in [5.41, 5.74) is 2.57. The number of halogens is 1. The number of hydrogen-bond donors (Lipinski definition) is 2. The quantitative estimate of drug-likeness (QED) is 0.663. The molecule has 1 amide bonds. The van der Waals surface area contributed by atoms with E-state index in [1.807, 2.05) is 0 Å². The van der Waals surface area contributed by atoms with Crippen molar-refractivity contribution in [1.82, 2.24) is 4.98 Å². The van der Waals surface area contributed by atoms with Crippen molar-refractivity contribution in [3.8, 4) is 5.75 Å². The topological polar surface area (TPSA) is 80.5 Å². The van der Waals surface area contributed by atoms with Gasteiger partial charge in [0, 0.05) is 25.0 Å². The number of nitrogens with zero attached hydrogens (tertiary/aromatic N) is 2. The highest BCUT2D eigenvalue weighted by Crippen LogP contribution is 2.23. The van der Waals surface area contributed by atoms with Gasteiger partial charge in [0.05, 0.1) is 12.7 Å². The van der Waals surface area contributed by atoms with E-state index in [0.29, 0.717) is 11.4 Å². The zero-order chi connectivity index (χ0) is 15.4. The third kappa shape index (κ3) is 2.92. The summed E-state index contributed by atoms with van der Waals surface area (Å²) in [5.74, 6) is 4.27. The van der Waals surface area contributed by atoms with Crippen LogP contribution in [0.2, 0.25) is 0 Å². The normalized spacial score (nSPS) is 10.1. The number of hydrazine groups is 1. The predicted octanol–water partition coefficient (Wildman–Crippen LogP) is 1.79. The number of methoxy groups -OCH3 is 1. The van der Waals surface area contributed by atoms with Crippen molar-refractivity contribution < 1.29 is 13.9 Å². The van der Waals surface area contributed by atoms with Crippen molar-refractivity contribution in [1.29, 1.82) is 0 Å². The van der Waals surface area contributed by atoms with Crippen molar-refractivity contribution >= 4 is 17.4 Å². The number of nitrogen functional groups attached to an aromatic ring is 1. The van der Waals surface area contributed by atoms with Gasteiger partial charge in [0.2, 0.25) is 0 Å². The van der Waals surface area contributed by atoms with Gasteiger partial charge in [0.15, 0.2) is 11.6 Å². The molecule has 0 atom stereocenters. The lowest BCUT2D eigenvalue weighted by Crippen LogP contribution is -2.27. The Hall–Kier alpha value is -2.67. The van der Waals surface area contributed by atoms with Crippen LogP contribution in [0.4, 0.5) is 15.9 Å². The van der Waals surface area contributed by atoms with Crippen LogP contribution in [0.15, 0.2) is 36.5 Å². The van der Waals surface area contributed by atoms with E-state index in [9.17, 15) is 9.18 Å². The molecule has 0 bridgehead atoms. The van der Waals surface area contributed by atoms with Crippen LogP contribution in [0.1, 0.15) is 10.4 Å². The largest absolute Gasteiger partial charge is 0.497 e. The Morgan fingerprint density at radius 1 is 1.43 bits per heavy atom. The van der Waals surface area contributed by atoms with Crippen LogP contribution in [0, 0.1) is 5.82 Å². The fraction of sp³-hybridized carbons (Fsp3) is 0.143. The Morgan fingerprint density at radius 2 is 2.19 bits per heavy atom. The molecule has 1 heterocycles. The van der Waals surface area contributed by atoms with Crippen LogP contribution in [0.5, 0.6) is 5.75 Å². The minimum absolute atomic E-state index is 0.122. The minimum atomic E-state index is -0.792. The summed E-state index contributed by atoms with van der Waals surface area (Å²) in [6, 6.07) is 8.20. The summed E-state index contributed by atoms with van der Waals surface area (Å²) in [6.07, 6.45) is 1.31. The SMILES string of the molecule is COc1cccc(N(C)C(=O)c2ccnc(NN)c2F)c1. The van der Waals surface area contributed by atoms with Crippen LogP contribution >= 0.6 is 0 Å². The van der Waals surface area contributed by atoms with Crippen molar-refractivity contribution in [3.05, 3.63) is 47.9 Å². The highest BCUT2D eigenvalue weighted by Gasteiger charge is 2.20. The van der Waals surface area contributed by atoms with E-state index in [2.05, 4.69) is 10.4 Å². The molecule has 0 aliphatic heterocycles. The number of anilines is 2. The highest BCUT2D eigenvalue weighted by atomic mass is 19.1. The van der Waals surface area contributed by atoms with Crippen LogP contribution < -0.4 is 20.9 Å². The molecular formula is C14H15FN4O2. The lowest BCUT2D eigenvalue weighted by molar-refractivity contribution is 0.0989. The Morgan fingerprint density at radius 3 is 2.86 bits per heavy atom. The second-order valence-electron chi connectivity index (χ2n) is 4.23. The molecule has 2 aromatic rings. The maximum absolute atomic E-state index is 14.1. The minimum Gasteiger partial charge on any atom is -0.497 e. The van der Waals surface area contributed by atoms with Gasteiger partial charge < -0.3 is 15.1 Å². The number of rotatable bonds is 4. The zero-order valence-electron chi connectivity index (χ0n) is 11.6. The Bertz CT molecular complexity index is 663. The summed E-state index contributed by atoms with van der Waals surface area (Å²) in [6.45, 7) is 0. The third-order valence-corrected chi connectivity index (χ3v) is 3.00. The van der Waals surface area contributed by atoms with Crippen LogP contribution in [0.3, 0.4) is 0 Å². The average molecular weight is 290 g/mol. The lowest BCUT2D eigenvalue weighted by Gasteiger charge is -2.18. The average Bonchev–Trinajstić information content (AvgIpc) is 2.53. The smallest absolute Gasteiger partial charge is 0.261 e. The number of nitrogens with one attached hydrogen (secondary N) is 1. The van der Waals surface area contributed by atoms with E-state index < -0.39 is 11.7 Å². The van der Waals surface area contributed by atoms with Crippen molar-refractivity contribution in [2.24, 2.45) is 5.84 Å². The molecule has 110 valence electrons. The summed E-state index contributed by atoms with van der Waals surface area (Å²) < 4.78 is 19.2. The summed E-state index contributed by atoms with van der Waals surface area (Å²) in [7, 11) is 3.08. The van der Waals surface area contributed by atoms with Gasteiger partial charge in [-0.2, -0.15) is 0 Å². The molecule has 0 aliphatic rings. The number of pyridine rings is 1. The highest BCUT2D eigenvalue weighted by molar-refractivity contribution is 6.06. The summed E-state index contributed by atoms with van der Waals surface area (Å²) in [4.78, 5) is 17.4. The number of benzene rings is 1. The number of carbonyl (C=O) groups excluding carboxylic acids is 1. The van der Waals surface area contributed by atoms with Gasteiger partial charge >= 0.3 is 0 Å². The fourth-order valence-corrected chi connectivity index (χ4v) is 1.83. The third-order valence-electron chi connectivity index (χ3n) is 3.00. The van der Waals surface area contributed by atoms with Crippen LogP contribution in [-0.4, -0.2) is 25.0 Å². The van der Waals surface area contributed by atoms with E-state index in [4.69, 9.17) is 10.6 Å². The standard InChI is InChI=1S/C14H15FN4O2/c1-19(9-4-3-5-10(8-9)21-2)14(20)11-6-7-17-13(18-16)12(11)15/h3-8H,16H2,1-2H3,(H,17,18). The summed E-state index contributed by atoms with van der Waals surface area (Å²) in [5, 5.41) is 0. The first-order chi connectivity index (χ1) is 10.1. The first-order valence-electron chi connectivity index (χ1n) is 6.11. The molecule has 0 radical (unpaired) electrons. The molecule has 0 aliphatic carbocycles. The number of aromatic nitrogens is 1. The van der Waals surface area contributed by atoms with Crippen LogP contribution in [-0.2, 0) is 0 Å². The Balaban J connectivity index is 2.35. The molecule has 0 saturated heterocycles. The number of hydrogen-bond acceptors (Lipinski definition) is 5. The second-order valence-corrected chi connectivity index (χ2v) is 4.23. The molecule has 21 heavy (non-hydrogen) atoms. The van der Waals surface area contributed by atoms with Gasteiger partial charge in [0.25, 0.3) is 5.91 Å². The van der Waals surface area contributed by atoms with Gasteiger partial charge in [-0.05, 0) is 18.2 Å². The number of ether oxygens (including phenoxy) is 1. The van der Waals surface area contributed by atoms with Crippen molar-refractivity contribution in [2.75, 3.05) is 24.5 Å². The predicted molar refractivity (Wildman–Crippen MR) is 77.7 cm³/mol. The van der Waals surface area contributed by atoms with Gasteiger partial charge in [0.1, 0.15) is 5.75 Å². The molecule has 1 aromatic heterocycles. The lowest BCUT2D eigenvalue weighted by atomic mass is 10.2. The second kappa shape index (κ2) is 6.19. The van der Waals surface area contributed by atoms with Gasteiger partial charge in [-0.3, -0.25) is 4.79 Å². The monoisotopic (exact) mass is 290 g/mol. The van der Waals surface area contributed by atoms with Crippen LogP contribution in [0.25, 0.3) is 0 Å². The van der Waals surface area contributed by atoms with E-state index in [1.54, 1.807) is 31.3 Å². The zero-order valence-corrected chi connectivity index (χ0v) is 11.6. The summed E-state index contributed by atoms with van der Waals surface area (Å²) >= 11 is 0.